The molecular weight excluding hydrogens is 332 g/mol. The van der Waals surface area contributed by atoms with E-state index in [4.69, 9.17) is 0 Å². The number of nitrogens with zero attached hydrogens (tertiary/aromatic N) is 2. The molecule has 1 saturated carbocycles. The number of para-hydroxylation sites is 1. The highest BCUT2D eigenvalue weighted by molar-refractivity contribution is 5.96. The van der Waals surface area contributed by atoms with E-state index in [0.29, 0.717) is 24.4 Å². The van der Waals surface area contributed by atoms with E-state index in [1.807, 2.05) is 38.1 Å². The van der Waals surface area contributed by atoms with Crippen molar-refractivity contribution in [1.82, 2.24) is 15.2 Å². The number of hydrogen-bond acceptors (Lipinski definition) is 4. The van der Waals surface area contributed by atoms with Crippen LogP contribution in [0.1, 0.15) is 51.3 Å². The zero-order valence-corrected chi connectivity index (χ0v) is 15.0. The van der Waals surface area contributed by atoms with Crippen molar-refractivity contribution in [2.75, 3.05) is 5.32 Å². The number of carboxylic acids is 1. The molecule has 2 aromatic rings. The summed E-state index contributed by atoms with van der Waals surface area (Å²) >= 11 is 0. The second kappa shape index (κ2) is 7.68. The highest BCUT2D eigenvalue weighted by Gasteiger charge is 2.31. The Bertz CT molecular complexity index is 800. The molecule has 0 spiro atoms. The van der Waals surface area contributed by atoms with E-state index < -0.39 is 11.9 Å². The van der Waals surface area contributed by atoms with Gasteiger partial charge in [-0.1, -0.05) is 32.4 Å². The Morgan fingerprint density at radius 3 is 2.65 bits per heavy atom. The van der Waals surface area contributed by atoms with Crippen LogP contribution in [-0.2, 0) is 9.59 Å². The lowest BCUT2D eigenvalue weighted by Gasteiger charge is -2.26. The van der Waals surface area contributed by atoms with Crippen LogP contribution in [0.2, 0.25) is 0 Å². The summed E-state index contributed by atoms with van der Waals surface area (Å²) in [5.41, 5.74) is 1.39. The monoisotopic (exact) mass is 356 g/mol. The summed E-state index contributed by atoms with van der Waals surface area (Å²) in [5.74, 6) is -0.108. The van der Waals surface area contributed by atoms with E-state index in [1.165, 1.54) is 0 Å². The molecule has 1 aliphatic carbocycles. The van der Waals surface area contributed by atoms with Crippen LogP contribution in [0, 0.1) is 11.8 Å². The van der Waals surface area contributed by atoms with Crippen molar-refractivity contribution in [3.63, 3.8) is 0 Å². The van der Waals surface area contributed by atoms with Crippen molar-refractivity contribution in [3.8, 4) is 11.4 Å². The number of carbonyl (C=O) groups excluding carboxylic acids is 1. The van der Waals surface area contributed by atoms with Crippen LogP contribution in [0.3, 0.4) is 0 Å². The first-order valence-electron chi connectivity index (χ1n) is 9.01. The largest absolute Gasteiger partial charge is 0.481 e. The summed E-state index contributed by atoms with van der Waals surface area (Å²) in [7, 11) is 0. The average molecular weight is 356 g/mol. The molecule has 7 nitrogen and oxygen atoms in total. The fourth-order valence-electron chi connectivity index (χ4n) is 3.33. The van der Waals surface area contributed by atoms with Crippen LogP contribution < -0.4 is 5.32 Å². The summed E-state index contributed by atoms with van der Waals surface area (Å²) in [6.45, 7) is 4.06. The third-order valence-electron chi connectivity index (χ3n) is 4.87. The van der Waals surface area contributed by atoms with Gasteiger partial charge in [-0.2, -0.15) is 5.10 Å². The number of benzene rings is 1. The van der Waals surface area contributed by atoms with Gasteiger partial charge in [0.05, 0.1) is 11.6 Å². The van der Waals surface area contributed by atoms with Crippen LogP contribution in [0.4, 0.5) is 5.69 Å². The highest BCUT2D eigenvalue weighted by atomic mass is 16.4. The number of nitrogens with one attached hydrogen (secondary N) is 2. The Balaban J connectivity index is 1.77. The number of aliphatic carboxylic acids is 1. The van der Waals surface area contributed by atoms with Crippen LogP contribution in [0.5, 0.6) is 0 Å². The molecule has 1 aromatic carbocycles. The van der Waals surface area contributed by atoms with Gasteiger partial charge in [-0.15, -0.1) is 0 Å². The van der Waals surface area contributed by atoms with Crippen molar-refractivity contribution in [3.05, 3.63) is 30.1 Å². The molecule has 3 N–H and O–H groups in total. The van der Waals surface area contributed by atoms with Crippen molar-refractivity contribution in [1.29, 1.82) is 0 Å². The molecule has 1 fully saturated rings. The minimum atomic E-state index is -0.815. The molecule has 3 rings (SSSR count). The standard InChI is InChI=1S/C19H24N4O3/c1-11(2)16-21-17(23-22-16)14-8-3-4-9-15(14)20-18(24)12-6-5-7-13(10-12)19(25)26/h3-4,8-9,11-13H,5-7,10H2,1-2H3,(H,20,24)(H,25,26)(H,21,22,23). The second-order valence-corrected chi connectivity index (χ2v) is 7.13. The van der Waals surface area contributed by atoms with Gasteiger partial charge in [0.25, 0.3) is 0 Å². The normalized spacial score (nSPS) is 20.1. The maximum atomic E-state index is 12.7. The SMILES string of the molecule is CC(C)c1nc(-c2ccccc2NC(=O)C2CCCC(C(=O)O)C2)n[nH]1. The molecule has 1 amide bonds. The summed E-state index contributed by atoms with van der Waals surface area (Å²) in [6.07, 6.45) is 2.51. The van der Waals surface area contributed by atoms with E-state index in [2.05, 4.69) is 20.5 Å². The Labute approximate surface area is 152 Å². The lowest BCUT2D eigenvalue weighted by Crippen LogP contribution is -2.31. The van der Waals surface area contributed by atoms with Gasteiger partial charge >= 0.3 is 5.97 Å². The number of carbonyl (C=O) groups is 2. The molecule has 2 atom stereocenters. The minimum Gasteiger partial charge on any atom is -0.481 e. The third-order valence-corrected chi connectivity index (χ3v) is 4.87. The molecule has 2 unspecified atom stereocenters. The number of anilines is 1. The minimum absolute atomic E-state index is 0.136. The third kappa shape index (κ3) is 3.92. The zero-order valence-electron chi connectivity index (χ0n) is 15.0. The Morgan fingerprint density at radius 1 is 1.23 bits per heavy atom. The molecule has 0 radical (unpaired) electrons. The maximum Gasteiger partial charge on any atom is 0.306 e. The number of carboxylic acid groups (broad SMARTS) is 1. The van der Waals surface area contributed by atoms with Gasteiger partial charge in [-0.3, -0.25) is 14.7 Å². The summed E-state index contributed by atoms with van der Waals surface area (Å²) in [5, 5.41) is 19.4. The molecule has 0 saturated heterocycles. The van der Waals surface area contributed by atoms with Gasteiger partial charge in [0.15, 0.2) is 5.82 Å². The fraction of sp³-hybridized carbons (Fsp3) is 0.474. The zero-order chi connectivity index (χ0) is 18.7. The highest BCUT2D eigenvalue weighted by Crippen LogP contribution is 2.32. The summed E-state index contributed by atoms with van der Waals surface area (Å²) in [4.78, 5) is 28.4. The smallest absolute Gasteiger partial charge is 0.306 e. The Kier molecular flexibility index (Phi) is 5.35. The van der Waals surface area contributed by atoms with E-state index in [0.717, 1.165) is 24.2 Å². The molecule has 0 bridgehead atoms. The fourth-order valence-corrected chi connectivity index (χ4v) is 3.33. The van der Waals surface area contributed by atoms with Crippen molar-refractivity contribution in [2.45, 2.75) is 45.4 Å². The van der Waals surface area contributed by atoms with Crippen molar-refractivity contribution < 1.29 is 14.7 Å². The lowest BCUT2D eigenvalue weighted by atomic mass is 9.81. The first-order chi connectivity index (χ1) is 12.5. The molecule has 1 aromatic heterocycles. The van der Waals surface area contributed by atoms with Gasteiger partial charge in [0.2, 0.25) is 5.91 Å². The maximum absolute atomic E-state index is 12.7. The molecule has 7 heteroatoms. The average Bonchev–Trinajstić information content (AvgIpc) is 3.12. The number of aromatic amines is 1. The summed E-state index contributed by atoms with van der Waals surface area (Å²) in [6, 6.07) is 7.40. The molecule has 1 aliphatic rings. The van der Waals surface area contributed by atoms with Crippen LogP contribution in [0.15, 0.2) is 24.3 Å². The van der Waals surface area contributed by atoms with E-state index in [-0.39, 0.29) is 17.7 Å². The predicted molar refractivity (Wildman–Crippen MR) is 97.6 cm³/mol. The van der Waals surface area contributed by atoms with Gasteiger partial charge in [0, 0.05) is 17.4 Å². The van der Waals surface area contributed by atoms with Crippen LogP contribution in [0.25, 0.3) is 11.4 Å². The number of rotatable bonds is 5. The van der Waals surface area contributed by atoms with Gasteiger partial charge in [-0.05, 0) is 31.4 Å². The first kappa shape index (κ1) is 18.1. The molecule has 0 aliphatic heterocycles. The Morgan fingerprint density at radius 2 is 1.96 bits per heavy atom. The quantitative estimate of drug-likeness (QED) is 0.761. The predicted octanol–water partition coefficient (Wildman–Crippen LogP) is 3.42. The van der Waals surface area contributed by atoms with Crippen molar-refractivity contribution >= 4 is 17.6 Å². The number of amides is 1. The Hall–Kier alpha value is -2.70. The number of aromatic nitrogens is 3. The van der Waals surface area contributed by atoms with Gasteiger partial charge < -0.3 is 10.4 Å². The second-order valence-electron chi connectivity index (χ2n) is 7.13. The molecule has 26 heavy (non-hydrogen) atoms. The number of H-pyrrole nitrogens is 1. The van der Waals surface area contributed by atoms with E-state index in [9.17, 15) is 14.7 Å². The van der Waals surface area contributed by atoms with E-state index in [1.54, 1.807) is 0 Å². The first-order valence-corrected chi connectivity index (χ1v) is 9.01. The topological polar surface area (TPSA) is 108 Å². The molecular formula is C19H24N4O3. The van der Waals surface area contributed by atoms with Crippen molar-refractivity contribution in [2.24, 2.45) is 11.8 Å². The lowest BCUT2D eigenvalue weighted by molar-refractivity contribution is -0.143. The molecule has 138 valence electrons. The summed E-state index contributed by atoms with van der Waals surface area (Å²) < 4.78 is 0. The van der Waals surface area contributed by atoms with Crippen LogP contribution >= 0.6 is 0 Å². The molecule has 1 heterocycles. The van der Waals surface area contributed by atoms with E-state index >= 15 is 0 Å². The van der Waals surface area contributed by atoms with Gasteiger partial charge in [0.1, 0.15) is 5.82 Å². The van der Waals surface area contributed by atoms with Gasteiger partial charge in [-0.25, -0.2) is 4.98 Å². The van der Waals surface area contributed by atoms with Crippen LogP contribution in [-0.4, -0.2) is 32.2 Å². The number of hydrogen-bond donors (Lipinski definition) is 3.